The fourth-order valence-electron chi connectivity index (χ4n) is 1.25. The van der Waals surface area contributed by atoms with Gasteiger partial charge in [0.2, 0.25) is 0 Å². The Balaban J connectivity index is 2.44. The first-order chi connectivity index (χ1) is 9.31. The molecule has 110 valence electrons. The molecule has 0 heterocycles. The second kappa shape index (κ2) is 6.78. The lowest BCUT2D eigenvalue weighted by molar-refractivity contribution is -0.139. The third-order valence-electron chi connectivity index (χ3n) is 2.28. The number of rotatable bonds is 5. The van der Waals surface area contributed by atoms with Crippen LogP contribution in [0.4, 0.5) is 13.2 Å². The van der Waals surface area contributed by atoms with Gasteiger partial charge in [-0.15, -0.1) is 0 Å². The Morgan fingerprint density at radius 2 is 1.95 bits per heavy atom. The molecule has 0 aliphatic rings. The Bertz CT molecular complexity index is 484. The van der Waals surface area contributed by atoms with Gasteiger partial charge < -0.3 is 15.3 Å². The van der Waals surface area contributed by atoms with Crippen LogP contribution in [0.3, 0.4) is 0 Å². The molecule has 0 bridgehead atoms. The first-order valence-electron chi connectivity index (χ1n) is 5.57. The Morgan fingerprint density at radius 1 is 1.35 bits per heavy atom. The van der Waals surface area contributed by atoms with Crippen molar-refractivity contribution < 1.29 is 27.9 Å². The molecule has 0 spiro atoms. The van der Waals surface area contributed by atoms with E-state index in [4.69, 9.17) is 9.94 Å². The molecule has 0 fully saturated rings. The molecule has 1 aromatic carbocycles. The Morgan fingerprint density at radius 3 is 2.45 bits per heavy atom. The summed E-state index contributed by atoms with van der Waals surface area (Å²) in [4.78, 5) is 11.1. The molecule has 0 aliphatic heterocycles. The average Bonchev–Trinajstić information content (AvgIpc) is 2.41. The molecular weight excluding hydrogens is 277 g/mol. The number of benzene rings is 1. The predicted molar refractivity (Wildman–Crippen MR) is 65.0 cm³/mol. The molecule has 5 nitrogen and oxygen atoms in total. The van der Waals surface area contributed by atoms with Crippen molar-refractivity contribution in [2.45, 2.75) is 13.1 Å². The van der Waals surface area contributed by atoms with Crippen molar-refractivity contribution in [3.63, 3.8) is 0 Å². The summed E-state index contributed by atoms with van der Waals surface area (Å²) < 4.78 is 40.6. The summed E-state index contributed by atoms with van der Waals surface area (Å²) in [5, 5.41) is 13.3. The largest absolute Gasteiger partial charge is 0.484 e. The highest BCUT2D eigenvalue weighted by Crippen LogP contribution is 2.13. The van der Waals surface area contributed by atoms with Crippen molar-refractivity contribution in [1.82, 2.24) is 5.32 Å². The van der Waals surface area contributed by atoms with Gasteiger partial charge in [0.15, 0.2) is 6.61 Å². The van der Waals surface area contributed by atoms with E-state index in [2.05, 4.69) is 5.16 Å². The number of hydrogen-bond acceptors (Lipinski definition) is 4. The van der Waals surface area contributed by atoms with Gasteiger partial charge in [-0.2, -0.15) is 13.2 Å². The van der Waals surface area contributed by atoms with Crippen molar-refractivity contribution in [1.29, 1.82) is 0 Å². The maximum atomic E-state index is 11.8. The second-order valence-electron chi connectivity index (χ2n) is 3.89. The van der Waals surface area contributed by atoms with Crippen molar-refractivity contribution in [3.05, 3.63) is 29.8 Å². The minimum atomic E-state index is -4.45. The van der Waals surface area contributed by atoms with Crippen LogP contribution in [0.5, 0.6) is 5.75 Å². The zero-order chi connectivity index (χ0) is 15.2. The number of carbonyl (C=O) groups is 1. The van der Waals surface area contributed by atoms with E-state index in [-0.39, 0.29) is 0 Å². The van der Waals surface area contributed by atoms with Gasteiger partial charge in [0.25, 0.3) is 5.91 Å². The summed E-state index contributed by atoms with van der Waals surface area (Å²) in [6.07, 6.45) is -4.45. The number of ether oxygens (including phenoxy) is 1. The number of oxime groups is 1. The molecule has 0 unspecified atom stereocenters. The molecule has 20 heavy (non-hydrogen) atoms. The lowest BCUT2D eigenvalue weighted by Crippen LogP contribution is -2.36. The van der Waals surface area contributed by atoms with Gasteiger partial charge in [-0.1, -0.05) is 5.16 Å². The average molecular weight is 290 g/mol. The van der Waals surface area contributed by atoms with E-state index >= 15 is 0 Å². The van der Waals surface area contributed by atoms with E-state index < -0.39 is 25.2 Å². The summed E-state index contributed by atoms with van der Waals surface area (Å²) in [5.41, 5.74) is 1.06. The summed E-state index contributed by atoms with van der Waals surface area (Å²) >= 11 is 0. The van der Waals surface area contributed by atoms with Crippen LogP contribution in [0.15, 0.2) is 29.4 Å². The zero-order valence-electron chi connectivity index (χ0n) is 10.6. The van der Waals surface area contributed by atoms with Gasteiger partial charge in [0.1, 0.15) is 12.3 Å². The number of nitrogens with one attached hydrogen (secondary N) is 1. The number of hydrogen-bond donors (Lipinski definition) is 2. The monoisotopic (exact) mass is 290 g/mol. The molecule has 1 aromatic rings. The standard InChI is InChI=1S/C12H13F3N2O3/c1-8(17-19)9-2-4-10(5-3-9)20-6-11(18)16-7-12(13,14)15/h2-5,19H,6-7H2,1H3,(H,16,18). The van der Waals surface area contributed by atoms with Crippen LogP contribution in [0, 0.1) is 0 Å². The minimum absolute atomic E-state index is 0.321. The van der Waals surface area contributed by atoms with Crippen LogP contribution >= 0.6 is 0 Å². The first kappa shape index (κ1) is 15.8. The fourth-order valence-corrected chi connectivity index (χ4v) is 1.25. The molecule has 0 aromatic heterocycles. The molecule has 0 saturated carbocycles. The van der Waals surface area contributed by atoms with Crippen LogP contribution in [0.1, 0.15) is 12.5 Å². The van der Waals surface area contributed by atoms with E-state index in [0.717, 1.165) is 0 Å². The smallest absolute Gasteiger partial charge is 0.405 e. The maximum absolute atomic E-state index is 11.8. The SMILES string of the molecule is CC(=NO)c1ccc(OCC(=O)NCC(F)(F)F)cc1. The number of amides is 1. The third kappa shape index (κ3) is 5.59. The quantitative estimate of drug-likeness (QED) is 0.494. The number of halogens is 3. The summed E-state index contributed by atoms with van der Waals surface area (Å²) in [5.74, 6) is -0.541. The van der Waals surface area contributed by atoms with Gasteiger partial charge in [0, 0.05) is 0 Å². The van der Waals surface area contributed by atoms with Crippen molar-refractivity contribution in [2.75, 3.05) is 13.2 Å². The Hall–Kier alpha value is -2.25. The van der Waals surface area contributed by atoms with Crippen LogP contribution in [0.25, 0.3) is 0 Å². The lowest BCUT2D eigenvalue weighted by atomic mass is 10.1. The molecule has 0 aliphatic carbocycles. The second-order valence-corrected chi connectivity index (χ2v) is 3.89. The van der Waals surface area contributed by atoms with E-state index in [1.807, 2.05) is 0 Å². The van der Waals surface area contributed by atoms with Gasteiger partial charge in [-0.25, -0.2) is 0 Å². The first-order valence-corrected chi connectivity index (χ1v) is 5.57. The van der Waals surface area contributed by atoms with E-state index in [0.29, 0.717) is 17.0 Å². The van der Waals surface area contributed by atoms with E-state index in [1.165, 1.54) is 12.1 Å². The van der Waals surface area contributed by atoms with E-state index in [9.17, 15) is 18.0 Å². The molecule has 1 rings (SSSR count). The normalized spacial score (nSPS) is 12.1. The minimum Gasteiger partial charge on any atom is -0.484 e. The summed E-state index contributed by atoms with van der Waals surface area (Å²) in [7, 11) is 0. The fraction of sp³-hybridized carbons (Fsp3) is 0.333. The molecule has 0 saturated heterocycles. The topological polar surface area (TPSA) is 70.9 Å². The van der Waals surface area contributed by atoms with Gasteiger partial charge in [0.05, 0.1) is 5.71 Å². The van der Waals surface area contributed by atoms with Crippen LogP contribution < -0.4 is 10.1 Å². The Kier molecular flexibility index (Phi) is 5.36. The number of nitrogens with zero attached hydrogens (tertiary/aromatic N) is 1. The highest BCUT2D eigenvalue weighted by atomic mass is 19.4. The molecule has 0 radical (unpaired) electrons. The van der Waals surface area contributed by atoms with E-state index in [1.54, 1.807) is 24.4 Å². The molecule has 0 atom stereocenters. The number of carbonyl (C=O) groups excluding carboxylic acids is 1. The van der Waals surface area contributed by atoms with Gasteiger partial charge >= 0.3 is 6.18 Å². The van der Waals surface area contributed by atoms with Crippen LogP contribution in [0.2, 0.25) is 0 Å². The molecule has 1 amide bonds. The molecule has 8 heteroatoms. The summed E-state index contributed by atoms with van der Waals surface area (Å²) in [6.45, 7) is -0.302. The van der Waals surface area contributed by atoms with Crippen molar-refractivity contribution in [3.8, 4) is 5.75 Å². The van der Waals surface area contributed by atoms with Crippen molar-refractivity contribution >= 4 is 11.6 Å². The van der Waals surface area contributed by atoms with Gasteiger partial charge in [-0.3, -0.25) is 4.79 Å². The summed E-state index contributed by atoms with van der Waals surface area (Å²) in [6, 6.07) is 6.22. The predicted octanol–water partition coefficient (Wildman–Crippen LogP) is 1.94. The molecular formula is C12H13F3N2O3. The molecule has 2 N–H and O–H groups in total. The third-order valence-corrected chi connectivity index (χ3v) is 2.28. The van der Waals surface area contributed by atoms with Crippen LogP contribution in [-0.4, -0.2) is 36.2 Å². The highest BCUT2D eigenvalue weighted by molar-refractivity contribution is 5.98. The van der Waals surface area contributed by atoms with Crippen LogP contribution in [-0.2, 0) is 4.79 Å². The van der Waals surface area contributed by atoms with Gasteiger partial charge in [-0.05, 0) is 36.8 Å². The lowest BCUT2D eigenvalue weighted by Gasteiger charge is -2.09. The van der Waals surface area contributed by atoms with Crippen molar-refractivity contribution in [2.24, 2.45) is 5.16 Å². The maximum Gasteiger partial charge on any atom is 0.405 e. The zero-order valence-corrected chi connectivity index (χ0v) is 10.6. The highest BCUT2D eigenvalue weighted by Gasteiger charge is 2.27. The number of alkyl halides is 3. The Labute approximate surface area is 113 Å².